The van der Waals surface area contributed by atoms with E-state index in [0.717, 1.165) is 16.0 Å². The molecular formula is C21H14FN3O2. The van der Waals surface area contributed by atoms with Gasteiger partial charge in [-0.2, -0.15) is 5.26 Å². The van der Waals surface area contributed by atoms with Gasteiger partial charge in [-0.25, -0.2) is 9.29 Å². The fourth-order valence-electron chi connectivity index (χ4n) is 4.55. The molecular weight excluding hydrogens is 345 g/mol. The molecule has 0 radical (unpaired) electrons. The largest absolute Gasteiger partial charge is 0.353 e. The Hall–Kier alpha value is -3.46. The van der Waals surface area contributed by atoms with Crippen LogP contribution in [0.15, 0.2) is 54.7 Å². The highest BCUT2D eigenvalue weighted by molar-refractivity contribution is 6.23. The first kappa shape index (κ1) is 15.8. The molecule has 0 saturated carbocycles. The quantitative estimate of drug-likeness (QED) is 0.735. The van der Waals surface area contributed by atoms with E-state index in [9.17, 15) is 19.2 Å². The van der Waals surface area contributed by atoms with Crippen LogP contribution in [0.4, 0.5) is 10.1 Å². The van der Waals surface area contributed by atoms with E-state index in [1.54, 1.807) is 0 Å². The summed E-state index contributed by atoms with van der Waals surface area (Å²) < 4.78 is 13.3. The fourth-order valence-corrected chi connectivity index (χ4v) is 4.55. The van der Waals surface area contributed by atoms with Crippen LogP contribution < -0.4 is 4.90 Å². The van der Waals surface area contributed by atoms with Gasteiger partial charge in [-0.1, -0.05) is 24.3 Å². The number of rotatable bonds is 1. The van der Waals surface area contributed by atoms with Gasteiger partial charge >= 0.3 is 0 Å². The number of amides is 2. The summed E-state index contributed by atoms with van der Waals surface area (Å²) in [5.74, 6) is -2.56. The molecule has 132 valence electrons. The zero-order chi connectivity index (χ0) is 18.7. The summed E-state index contributed by atoms with van der Waals surface area (Å²) in [5.41, 5.74) is 2.26. The van der Waals surface area contributed by atoms with Gasteiger partial charge in [0.1, 0.15) is 11.9 Å². The smallest absolute Gasteiger partial charge is 0.240 e. The zero-order valence-electron chi connectivity index (χ0n) is 14.1. The highest BCUT2D eigenvalue weighted by Gasteiger charge is 2.63. The minimum atomic E-state index is -0.742. The Morgan fingerprint density at radius 3 is 2.41 bits per heavy atom. The zero-order valence-corrected chi connectivity index (χ0v) is 14.1. The van der Waals surface area contributed by atoms with Crippen LogP contribution in [0.1, 0.15) is 17.2 Å². The molecule has 0 aliphatic carbocycles. The Morgan fingerprint density at radius 1 is 0.963 bits per heavy atom. The molecule has 0 bridgehead atoms. The fraction of sp³-hybridized carbons (Fsp3) is 0.190. The molecule has 2 aromatic rings. The molecule has 2 amide bonds. The number of carbonyl (C=O) groups is 2. The summed E-state index contributed by atoms with van der Waals surface area (Å²) in [6.45, 7) is 0. The average Bonchev–Trinajstić information content (AvgIpc) is 3.15. The first-order valence-electron chi connectivity index (χ1n) is 8.69. The van der Waals surface area contributed by atoms with Crippen molar-refractivity contribution in [3.8, 4) is 6.07 Å². The third-order valence-corrected chi connectivity index (χ3v) is 5.68. The monoisotopic (exact) mass is 359 g/mol. The number of hydrogen-bond acceptors (Lipinski definition) is 4. The summed E-state index contributed by atoms with van der Waals surface area (Å²) in [4.78, 5) is 29.3. The van der Waals surface area contributed by atoms with E-state index < -0.39 is 29.6 Å². The molecule has 2 aromatic carbocycles. The number of imide groups is 1. The van der Waals surface area contributed by atoms with Gasteiger partial charge < -0.3 is 4.90 Å². The predicted molar refractivity (Wildman–Crippen MR) is 95.3 cm³/mol. The van der Waals surface area contributed by atoms with Crippen LogP contribution in [0.3, 0.4) is 0 Å². The molecule has 4 atom stereocenters. The second-order valence-corrected chi connectivity index (χ2v) is 6.95. The number of nitrogens with zero attached hydrogens (tertiary/aromatic N) is 3. The molecule has 3 aliphatic rings. The summed E-state index contributed by atoms with van der Waals surface area (Å²) in [6, 6.07) is 14.1. The van der Waals surface area contributed by atoms with Gasteiger partial charge in [0.25, 0.3) is 0 Å². The number of anilines is 1. The van der Waals surface area contributed by atoms with Crippen molar-refractivity contribution in [1.82, 2.24) is 4.90 Å². The number of nitriles is 1. The highest BCUT2D eigenvalue weighted by Crippen LogP contribution is 2.52. The van der Waals surface area contributed by atoms with E-state index in [1.807, 2.05) is 41.4 Å². The van der Waals surface area contributed by atoms with Crippen molar-refractivity contribution < 1.29 is 14.0 Å². The lowest BCUT2D eigenvalue weighted by atomic mass is 9.85. The Balaban J connectivity index is 1.63. The second-order valence-electron chi connectivity index (χ2n) is 6.95. The lowest BCUT2D eigenvalue weighted by Crippen LogP contribution is -2.40. The topological polar surface area (TPSA) is 64.4 Å². The Kier molecular flexibility index (Phi) is 3.22. The van der Waals surface area contributed by atoms with Gasteiger partial charge in [0, 0.05) is 6.20 Å². The van der Waals surface area contributed by atoms with E-state index in [-0.39, 0.29) is 11.9 Å². The van der Waals surface area contributed by atoms with Crippen LogP contribution in [-0.2, 0) is 9.59 Å². The van der Waals surface area contributed by atoms with Crippen molar-refractivity contribution in [2.45, 2.75) is 12.1 Å². The minimum Gasteiger partial charge on any atom is -0.353 e. The molecule has 2 saturated heterocycles. The molecule has 3 heterocycles. The molecule has 27 heavy (non-hydrogen) atoms. The van der Waals surface area contributed by atoms with E-state index in [2.05, 4.69) is 6.07 Å². The van der Waals surface area contributed by atoms with Crippen LogP contribution in [0, 0.1) is 29.0 Å². The molecule has 6 heteroatoms. The first-order valence-corrected chi connectivity index (χ1v) is 8.69. The number of carbonyl (C=O) groups excluding carboxylic acids is 2. The van der Waals surface area contributed by atoms with Crippen molar-refractivity contribution in [3.05, 3.63) is 71.7 Å². The van der Waals surface area contributed by atoms with Crippen molar-refractivity contribution >= 4 is 23.6 Å². The number of hydrogen-bond donors (Lipinski definition) is 0. The maximum Gasteiger partial charge on any atom is 0.240 e. The molecule has 3 aliphatic heterocycles. The maximum absolute atomic E-state index is 13.3. The number of fused-ring (bicyclic) bond motifs is 5. The average molecular weight is 359 g/mol. The molecule has 0 aromatic heterocycles. The number of halogens is 1. The predicted octanol–water partition coefficient (Wildman–Crippen LogP) is 2.86. The van der Waals surface area contributed by atoms with Crippen LogP contribution in [0.2, 0.25) is 0 Å². The van der Waals surface area contributed by atoms with Gasteiger partial charge in [0.15, 0.2) is 0 Å². The van der Waals surface area contributed by atoms with Gasteiger partial charge in [-0.15, -0.1) is 0 Å². The van der Waals surface area contributed by atoms with Crippen molar-refractivity contribution in [3.63, 3.8) is 0 Å². The lowest BCUT2D eigenvalue weighted by Gasteiger charge is -2.33. The Morgan fingerprint density at radius 2 is 1.67 bits per heavy atom. The van der Waals surface area contributed by atoms with E-state index >= 15 is 0 Å². The van der Waals surface area contributed by atoms with Gasteiger partial charge in [0.05, 0.1) is 29.6 Å². The first-order chi connectivity index (χ1) is 13.1. The normalized spacial score (nSPS) is 28.0. The van der Waals surface area contributed by atoms with Crippen LogP contribution in [0.25, 0.3) is 6.08 Å². The molecule has 5 rings (SSSR count). The maximum atomic E-state index is 13.3. The van der Waals surface area contributed by atoms with Crippen molar-refractivity contribution in [2.24, 2.45) is 11.8 Å². The van der Waals surface area contributed by atoms with E-state index in [0.29, 0.717) is 5.69 Å². The second kappa shape index (κ2) is 5.52. The van der Waals surface area contributed by atoms with Crippen LogP contribution in [0.5, 0.6) is 0 Å². The highest BCUT2D eigenvalue weighted by atomic mass is 19.1. The molecule has 2 fully saturated rings. The van der Waals surface area contributed by atoms with Gasteiger partial charge in [-0.05, 0) is 41.5 Å². The molecule has 0 spiro atoms. The third kappa shape index (κ3) is 2.02. The number of benzene rings is 2. The molecule has 5 nitrogen and oxygen atoms in total. The third-order valence-electron chi connectivity index (χ3n) is 5.68. The molecule has 1 unspecified atom stereocenters. The van der Waals surface area contributed by atoms with E-state index in [4.69, 9.17) is 0 Å². The summed E-state index contributed by atoms with van der Waals surface area (Å²) in [7, 11) is 0. The summed E-state index contributed by atoms with van der Waals surface area (Å²) in [5, 5.41) is 9.74. The SMILES string of the molecule is N#C[C@@H]1[C@@H]2C(=O)N(c3ccc(F)cc3)C(=O)[C@@H]2C2c3ccccc3C=CN21. The standard InChI is InChI=1S/C21H14FN3O2/c22-13-5-7-14(8-6-13)25-20(26)17-16(11-23)24-10-9-12-3-1-2-4-15(12)19(24)18(17)21(25)27/h1-10,16-19H/t16-,17+,18+,19?/m1/s1. The van der Waals surface area contributed by atoms with Gasteiger partial charge in [-0.3, -0.25) is 9.59 Å². The van der Waals surface area contributed by atoms with Crippen molar-refractivity contribution in [2.75, 3.05) is 4.90 Å². The van der Waals surface area contributed by atoms with E-state index in [1.165, 1.54) is 24.3 Å². The Labute approximate surface area is 154 Å². The lowest BCUT2D eigenvalue weighted by molar-refractivity contribution is -0.123. The Bertz CT molecular complexity index is 1040. The minimum absolute atomic E-state index is 0.337. The summed E-state index contributed by atoms with van der Waals surface area (Å²) in [6.07, 6.45) is 3.71. The van der Waals surface area contributed by atoms with Gasteiger partial charge in [0.2, 0.25) is 11.8 Å². The van der Waals surface area contributed by atoms with Crippen LogP contribution >= 0.6 is 0 Å². The molecule has 0 N–H and O–H groups in total. The van der Waals surface area contributed by atoms with Crippen LogP contribution in [-0.4, -0.2) is 22.8 Å². The van der Waals surface area contributed by atoms with Crippen molar-refractivity contribution in [1.29, 1.82) is 5.26 Å². The summed E-state index contributed by atoms with van der Waals surface area (Å²) >= 11 is 0.